The molecule has 1 aliphatic rings. The van der Waals surface area contributed by atoms with Crippen LogP contribution in [-0.2, 0) is 0 Å². The van der Waals surface area contributed by atoms with E-state index in [1.165, 1.54) is 92.5 Å². The highest BCUT2D eigenvalue weighted by atomic mass is 32.2. The van der Waals surface area contributed by atoms with Crippen LogP contribution >= 0.6 is 11.8 Å². The maximum Gasteiger partial charge on any atom is 0.0608 e. The highest BCUT2D eigenvalue weighted by Crippen LogP contribution is 2.53. The van der Waals surface area contributed by atoms with Crippen LogP contribution in [0, 0.1) is 0 Å². The Bertz CT molecular complexity index is 3030. The van der Waals surface area contributed by atoms with Crippen LogP contribution in [0.2, 0.25) is 0 Å². The summed E-state index contributed by atoms with van der Waals surface area (Å²) < 4.78 is 2.45. The van der Waals surface area contributed by atoms with Gasteiger partial charge in [0.15, 0.2) is 0 Å². The first kappa shape index (κ1) is 30.1. The van der Waals surface area contributed by atoms with Crippen LogP contribution in [0.1, 0.15) is 0 Å². The minimum Gasteiger partial charge on any atom is -0.309 e. The second-order valence-electron chi connectivity index (χ2n) is 13.8. The highest BCUT2D eigenvalue weighted by molar-refractivity contribution is 7.99. The summed E-state index contributed by atoms with van der Waals surface area (Å²) in [5, 5.41) is 7.50. The molecule has 2 nitrogen and oxygen atoms in total. The van der Waals surface area contributed by atoms with E-state index in [4.69, 9.17) is 0 Å². The Balaban J connectivity index is 1.08. The molecule has 3 heteroatoms. The van der Waals surface area contributed by atoms with Gasteiger partial charge in [0.2, 0.25) is 0 Å². The molecule has 1 aliphatic heterocycles. The van der Waals surface area contributed by atoms with Crippen LogP contribution in [0.25, 0.3) is 71.3 Å². The molecule has 0 atom stereocenters. The van der Waals surface area contributed by atoms with Crippen LogP contribution in [0.5, 0.6) is 0 Å². The summed E-state index contributed by atoms with van der Waals surface area (Å²) in [6, 6.07) is 71.0. The first-order chi connectivity index (χ1) is 26.3. The summed E-state index contributed by atoms with van der Waals surface area (Å²) in [7, 11) is 0. The van der Waals surface area contributed by atoms with Gasteiger partial charge in [0.25, 0.3) is 0 Å². The molecule has 10 aromatic rings. The minimum atomic E-state index is 1.16. The molecule has 2 heterocycles. The lowest BCUT2D eigenvalue weighted by molar-refractivity contribution is 1.17. The molecule has 0 saturated carbocycles. The molecule has 0 N–H and O–H groups in total. The molecule has 0 aliphatic carbocycles. The van der Waals surface area contributed by atoms with Crippen LogP contribution in [0.15, 0.2) is 204 Å². The van der Waals surface area contributed by atoms with Crippen molar-refractivity contribution in [2.45, 2.75) is 9.79 Å². The molecule has 248 valence electrons. The molecule has 0 fully saturated rings. The van der Waals surface area contributed by atoms with Gasteiger partial charge in [-0.15, -0.1) is 0 Å². The molecular formula is C50H32N2S. The molecule has 11 rings (SSSR count). The van der Waals surface area contributed by atoms with E-state index < -0.39 is 0 Å². The molecular weight excluding hydrogens is 661 g/mol. The van der Waals surface area contributed by atoms with Crippen molar-refractivity contribution in [3.63, 3.8) is 0 Å². The maximum absolute atomic E-state index is 2.45. The molecule has 0 saturated heterocycles. The first-order valence-corrected chi connectivity index (χ1v) is 18.9. The zero-order valence-electron chi connectivity index (χ0n) is 28.8. The van der Waals surface area contributed by atoms with Crippen molar-refractivity contribution in [3.8, 4) is 27.9 Å². The molecule has 0 amide bonds. The Hall–Kier alpha value is -6.55. The summed E-state index contributed by atoms with van der Waals surface area (Å²) in [5.74, 6) is 0. The lowest BCUT2D eigenvalue weighted by Gasteiger charge is -2.33. The van der Waals surface area contributed by atoms with E-state index in [0.29, 0.717) is 0 Å². The van der Waals surface area contributed by atoms with Crippen molar-refractivity contribution in [1.29, 1.82) is 0 Å². The van der Waals surface area contributed by atoms with Gasteiger partial charge in [0, 0.05) is 31.6 Å². The number of nitrogens with zero attached hydrogens (tertiary/aromatic N) is 2. The Kier molecular flexibility index (Phi) is 6.83. The molecule has 0 unspecified atom stereocenters. The van der Waals surface area contributed by atoms with E-state index in [0.717, 1.165) is 5.69 Å². The number of aromatic nitrogens is 1. The fourth-order valence-electron chi connectivity index (χ4n) is 8.28. The van der Waals surface area contributed by atoms with Gasteiger partial charge in [-0.2, -0.15) is 0 Å². The number of para-hydroxylation sites is 2. The van der Waals surface area contributed by atoms with Crippen molar-refractivity contribution < 1.29 is 0 Å². The smallest absolute Gasteiger partial charge is 0.0608 e. The Morgan fingerprint density at radius 2 is 0.962 bits per heavy atom. The van der Waals surface area contributed by atoms with Gasteiger partial charge in [-0.05, 0) is 99.1 Å². The van der Waals surface area contributed by atoms with Gasteiger partial charge in [0.05, 0.1) is 28.1 Å². The fourth-order valence-corrected chi connectivity index (χ4v) is 9.35. The second-order valence-corrected chi connectivity index (χ2v) is 14.8. The monoisotopic (exact) mass is 692 g/mol. The maximum atomic E-state index is 2.45. The lowest BCUT2D eigenvalue weighted by atomic mass is 9.97. The van der Waals surface area contributed by atoms with Crippen molar-refractivity contribution >= 4 is 72.2 Å². The van der Waals surface area contributed by atoms with Gasteiger partial charge in [-0.3, -0.25) is 0 Å². The van der Waals surface area contributed by atoms with Crippen molar-refractivity contribution in [1.82, 2.24) is 4.57 Å². The van der Waals surface area contributed by atoms with E-state index in [1.807, 2.05) is 11.8 Å². The summed E-state index contributed by atoms with van der Waals surface area (Å²) in [6.07, 6.45) is 0. The summed E-state index contributed by atoms with van der Waals surface area (Å²) in [6.45, 7) is 0. The molecule has 9 aromatic carbocycles. The van der Waals surface area contributed by atoms with Crippen LogP contribution in [0.3, 0.4) is 0 Å². The normalized spacial score (nSPS) is 12.4. The Morgan fingerprint density at radius 1 is 0.340 bits per heavy atom. The predicted octanol–water partition coefficient (Wildman–Crippen LogP) is 14.4. The molecule has 0 bridgehead atoms. The van der Waals surface area contributed by atoms with E-state index in [1.54, 1.807) is 0 Å². The third kappa shape index (κ3) is 4.82. The number of benzene rings is 9. The summed E-state index contributed by atoms with van der Waals surface area (Å²) in [5.41, 5.74) is 12.1. The standard InChI is InChI=1S/C50H32N2S/c1-3-13-33(14-4-1)39-25-27-45(41-20-10-9-19-40(39)41)52-44-22-12-11-21-42(44)43-29-36(23-26-46(43)52)37-24-28-49-47(31-37)51(38-17-5-2-6-18-38)48-30-34-15-7-8-16-35(34)32-50(48)53-49/h1-32H. The molecule has 0 spiro atoms. The SMILES string of the molecule is c1ccc(-c2ccc(-n3c4ccccc4c4cc(-c5ccc6c(c5)N(c5ccccc5)c5cc7ccccc7cc5S6)ccc43)c3ccccc23)cc1. The van der Waals surface area contributed by atoms with E-state index in [9.17, 15) is 0 Å². The van der Waals surface area contributed by atoms with E-state index in [2.05, 4.69) is 204 Å². The zero-order valence-corrected chi connectivity index (χ0v) is 29.6. The number of fused-ring (bicyclic) bond motifs is 7. The van der Waals surface area contributed by atoms with E-state index in [-0.39, 0.29) is 0 Å². The third-order valence-corrected chi connectivity index (χ3v) is 11.8. The summed E-state index contributed by atoms with van der Waals surface area (Å²) in [4.78, 5) is 4.96. The van der Waals surface area contributed by atoms with Gasteiger partial charge in [0.1, 0.15) is 0 Å². The quantitative estimate of drug-likeness (QED) is 0.181. The van der Waals surface area contributed by atoms with Crippen molar-refractivity contribution in [2.24, 2.45) is 0 Å². The number of hydrogen-bond donors (Lipinski definition) is 0. The number of rotatable bonds is 4. The molecule has 0 radical (unpaired) electrons. The van der Waals surface area contributed by atoms with Crippen LogP contribution in [0.4, 0.5) is 17.1 Å². The topological polar surface area (TPSA) is 8.17 Å². The van der Waals surface area contributed by atoms with Crippen LogP contribution in [-0.4, -0.2) is 4.57 Å². The van der Waals surface area contributed by atoms with Gasteiger partial charge < -0.3 is 9.47 Å². The predicted molar refractivity (Wildman–Crippen MR) is 225 cm³/mol. The van der Waals surface area contributed by atoms with Gasteiger partial charge in [-0.1, -0.05) is 145 Å². The second kappa shape index (κ2) is 12.0. The number of hydrogen-bond acceptors (Lipinski definition) is 2. The van der Waals surface area contributed by atoms with Crippen LogP contribution < -0.4 is 4.90 Å². The minimum absolute atomic E-state index is 1.16. The first-order valence-electron chi connectivity index (χ1n) is 18.1. The molecule has 53 heavy (non-hydrogen) atoms. The average Bonchev–Trinajstić information content (AvgIpc) is 3.55. The Labute approximate surface area is 312 Å². The van der Waals surface area contributed by atoms with Gasteiger partial charge >= 0.3 is 0 Å². The van der Waals surface area contributed by atoms with Crippen molar-refractivity contribution in [3.05, 3.63) is 194 Å². The average molecular weight is 693 g/mol. The number of anilines is 3. The Morgan fingerprint density at radius 3 is 1.79 bits per heavy atom. The largest absolute Gasteiger partial charge is 0.309 e. The summed E-state index contributed by atoms with van der Waals surface area (Å²) >= 11 is 1.86. The molecule has 1 aromatic heterocycles. The fraction of sp³-hybridized carbons (Fsp3) is 0. The third-order valence-electron chi connectivity index (χ3n) is 10.7. The zero-order chi connectivity index (χ0) is 34.9. The van der Waals surface area contributed by atoms with Crippen molar-refractivity contribution in [2.75, 3.05) is 4.90 Å². The van der Waals surface area contributed by atoms with Gasteiger partial charge in [-0.25, -0.2) is 0 Å². The highest BCUT2D eigenvalue weighted by Gasteiger charge is 2.26. The lowest BCUT2D eigenvalue weighted by Crippen LogP contribution is -2.15. The van der Waals surface area contributed by atoms with E-state index >= 15 is 0 Å².